The highest BCUT2D eigenvalue weighted by Gasteiger charge is 2.35. The molecule has 0 radical (unpaired) electrons. The number of carbonyl (C=O) groups is 3. The molecule has 0 bridgehead atoms. The van der Waals surface area contributed by atoms with E-state index in [-0.39, 0.29) is 0 Å². The molecule has 0 unspecified atom stereocenters. The Bertz CT molecular complexity index is 733. The number of anilines is 1. The van der Waals surface area contributed by atoms with Crippen molar-refractivity contribution in [1.82, 2.24) is 4.90 Å². The van der Waals surface area contributed by atoms with E-state index in [0.717, 1.165) is 4.90 Å². The van der Waals surface area contributed by atoms with Gasteiger partial charge < -0.3 is 10.5 Å². The highest BCUT2D eigenvalue weighted by molar-refractivity contribution is 6.21. The van der Waals surface area contributed by atoms with E-state index in [1.54, 1.807) is 36.4 Å². The maximum atomic E-state index is 12.1. The molecular weight excluding hydrogens is 284 g/mol. The first-order valence-corrected chi connectivity index (χ1v) is 6.56. The van der Waals surface area contributed by atoms with Crippen LogP contribution in [0.4, 0.5) is 5.69 Å². The summed E-state index contributed by atoms with van der Waals surface area (Å²) in [7, 11) is 0. The fourth-order valence-electron chi connectivity index (χ4n) is 2.18. The SMILES string of the molecule is Nc1ccc(C(=O)OCN2C(=O)c3ccccc3C2=O)cc1. The van der Waals surface area contributed by atoms with Gasteiger partial charge in [-0.1, -0.05) is 12.1 Å². The van der Waals surface area contributed by atoms with Gasteiger partial charge in [-0.05, 0) is 36.4 Å². The lowest BCUT2D eigenvalue weighted by molar-refractivity contribution is 0.0228. The van der Waals surface area contributed by atoms with Crippen molar-refractivity contribution in [1.29, 1.82) is 0 Å². The van der Waals surface area contributed by atoms with E-state index in [9.17, 15) is 14.4 Å². The number of fused-ring (bicyclic) bond motifs is 1. The molecule has 2 aromatic rings. The molecule has 0 fully saturated rings. The van der Waals surface area contributed by atoms with E-state index in [0.29, 0.717) is 22.4 Å². The molecule has 2 aromatic carbocycles. The standard InChI is InChI=1S/C16H12N2O4/c17-11-7-5-10(6-8-11)16(21)22-9-18-14(19)12-3-1-2-4-13(12)15(18)20/h1-8H,9,17H2. The molecule has 6 heteroatoms. The summed E-state index contributed by atoms with van der Waals surface area (Å²) in [5.74, 6) is -1.56. The average molecular weight is 296 g/mol. The highest BCUT2D eigenvalue weighted by Crippen LogP contribution is 2.22. The van der Waals surface area contributed by atoms with Crippen LogP contribution in [0.5, 0.6) is 0 Å². The number of benzene rings is 2. The summed E-state index contributed by atoms with van der Waals surface area (Å²) in [6.07, 6.45) is 0. The molecule has 0 spiro atoms. The summed E-state index contributed by atoms with van der Waals surface area (Å²) in [6.45, 7) is -0.421. The van der Waals surface area contributed by atoms with Gasteiger partial charge >= 0.3 is 5.97 Å². The second-order valence-corrected chi connectivity index (χ2v) is 4.77. The third-order valence-corrected chi connectivity index (χ3v) is 3.35. The Balaban J connectivity index is 1.70. The Morgan fingerprint density at radius 2 is 1.50 bits per heavy atom. The Kier molecular flexibility index (Phi) is 3.34. The van der Waals surface area contributed by atoms with Crippen molar-refractivity contribution in [3.63, 3.8) is 0 Å². The van der Waals surface area contributed by atoms with Crippen molar-refractivity contribution in [2.75, 3.05) is 12.5 Å². The number of hydrogen-bond donors (Lipinski definition) is 1. The zero-order valence-electron chi connectivity index (χ0n) is 11.5. The number of nitrogens with two attached hydrogens (primary N) is 1. The third kappa shape index (κ3) is 2.31. The first-order valence-electron chi connectivity index (χ1n) is 6.56. The molecule has 1 aliphatic heterocycles. The third-order valence-electron chi connectivity index (χ3n) is 3.35. The van der Waals surface area contributed by atoms with Crippen molar-refractivity contribution in [2.24, 2.45) is 0 Å². The van der Waals surface area contributed by atoms with Crippen LogP contribution >= 0.6 is 0 Å². The van der Waals surface area contributed by atoms with Gasteiger partial charge in [0.1, 0.15) is 0 Å². The van der Waals surface area contributed by atoms with Crippen LogP contribution in [-0.4, -0.2) is 29.4 Å². The highest BCUT2D eigenvalue weighted by atomic mass is 16.5. The maximum absolute atomic E-state index is 12.1. The molecule has 1 aliphatic rings. The minimum Gasteiger partial charge on any atom is -0.440 e. The second kappa shape index (κ2) is 5.33. The topological polar surface area (TPSA) is 89.7 Å². The van der Waals surface area contributed by atoms with Gasteiger partial charge in [0.05, 0.1) is 16.7 Å². The maximum Gasteiger partial charge on any atom is 0.339 e. The van der Waals surface area contributed by atoms with E-state index in [2.05, 4.69) is 0 Å². The number of hydrogen-bond acceptors (Lipinski definition) is 5. The minimum atomic E-state index is -0.628. The Hall–Kier alpha value is -3.15. The van der Waals surface area contributed by atoms with Crippen molar-refractivity contribution < 1.29 is 19.1 Å². The lowest BCUT2D eigenvalue weighted by atomic mass is 10.1. The molecule has 0 saturated heterocycles. The number of imide groups is 1. The number of carbonyl (C=O) groups excluding carboxylic acids is 3. The van der Waals surface area contributed by atoms with Crippen LogP contribution in [0.1, 0.15) is 31.1 Å². The van der Waals surface area contributed by atoms with Crippen LogP contribution in [0.25, 0.3) is 0 Å². The normalized spacial score (nSPS) is 13.2. The summed E-state index contributed by atoms with van der Waals surface area (Å²) in [5.41, 5.74) is 6.99. The smallest absolute Gasteiger partial charge is 0.339 e. The van der Waals surface area contributed by atoms with Gasteiger partial charge in [-0.15, -0.1) is 0 Å². The molecule has 0 atom stereocenters. The van der Waals surface area contributed by atoms with E-state index >= 15 is 0 Å². The van der Waals surface area contributed by atoms with Crippen molar-refractivity contribution in [3.8, 4) is 0 Å². The Morgan fingerprint density at radius 1 is 0.955 bits per heavy atom. The summed E-state index contributed by atoms with van der Waals surface area (Å²) in [6, 6.07) is 12.6. The molecule has 2 N–H and O–H groups in total. The first-order chi connectivity index (χ1) is 10.6. The molecule has 110 valence electrons. The zero-order valence-corrected chi connectivity index (χ0v) is 11.5. The number of ether oxygens (including phenoxy) is 1. The van der Waals surface area contributed by atoms with Gasteiger partial charge in [-0.3, -0.25) is 9.59 Å². The number of rotatable bonds is 3. The summed E-state index contributed by atoms with van der Waals surface area (Å²) >= 11 is 0. The Labute approximate surface area is 126 Å². The lowest BCUT2D eigenvalue weighted by Crippen LogP contribution is -2.33. The van der Waals surface area contributed by atoms with E-state index in [4.69, 9.17) is 10.5 Å². The summed E-state index contributed by atoms with van der Waals surface area (Å²) in [5, 5.41) is 0. The van der Waals surface area contributed by atoms with Crippen molar-refractivity contribution in [2.45, 2.75) is 0 Å². The molecule has 0 aliphatic carbocycles. The van der Waals surface area contributed by atoms with Crippen molar-refractivity contribution >= 4 is 23.5 Å². The summed E-state index contributed by atoms with van der Waals surface area (Å²) in [4.78, 5) is 37.0. The minimum absolute atomic E-state index is 0.297. The largest absolute Gasteiger partial charge is 0.440 e. The predicted molar refractivity (Wildman–Crippen MR) is 78.1 cm³/mol. The van der Waals surface area contributed by atoms with Gasteiger partial charge in [0.25, 0.3) is 11.8 Å². The van der Waals surface area contributed by atoms with Crippen LogP contribution in [0.3, 0.4) is 0 Å². The van der Waals surface area contributed by atoms with Crippen molar-refractivity contribution in [3.05, 3.63) is 65.2 Å². The van der Waals surface area contributed by atoms with Crippen LogP contribution < -0.4 is 5.73 Å². The van der Waals surface area contributed by atoms with Crippen LogP contribution in [0.15, 0.2) is 48.5 Å². The van der Waals surface area contributed by atoms with E-state index in [1.807, 2.05) is 0 Å². The van der Waals surface area contributed by atoms with Gasteiger partial charge in [-0.25, -0.2) is 9.69 Å². The van der Waals surface area contributed by atoms with Crippen LogP contribution in [-0.2, 0) is 4.74 Å². The zero-order chi connectivity index (χ0) is 15.7. The molecule has 0 saturated carbocycles. The number of nitrogens with zero attached hydrogens (tertiary/aromatic N) is 1. The van der Waals surface area contributed by atoms with Gasteiger partial charge in [-0.2, -0.15) is 0 Å². The fraction of sp³-hybridized carbons (Fsp3) is 0.0625. The van der Waals surface area contributed by atoms with Gasteiger partial charge in [0, 0.05) is 5.69 Å². The molecule has 2 amide bonds. The molecule has 0 aromatic heterocycles. The molecule has 1 heterocycles. The number of nitrogen functional groups attached to an aromatic ring is 1. The lowest BCUT2D eigenvalue weighted by Gasteiger charge is -2.13. The van der Waals surface area contributed by atoms with Crippen LogP contribution in [0.2, 0.25) is 0 Å². The predicted octanol–water partition coefficient (Wildman–Crippen LogP) is 1.68. The Morgan fingerprint density at radius 3 is 2.05 bits per heavy atom. The quantitative estimate of drug-likeness (QED) is 0.529. The number of amides is 2. The second-order valence-electron chi connectivity index (χ2n) is 4.77. The monoisotopic (exact) mass is 296 g/mol. The first kappa shape index (κ1) is 13.8. The molecular formula is C16H12N2O4. The fourth-order valence-corrected chi connectivity index (χ4v) is 2.18. The van der Waals surface area contributed by atoms with E-state index in [1.165, 1.54) is 12.1 Å². The molecule has 6 nitrogen and oxygen atoms in total. The molecule has 22 heavy (non-hydrogen) atoms. The molecule has 3 rings (SSSR count). The summed E-state index contributed by atoms with van der Waals surface area (Å²) < 4.78 is 5.03. The van der Waals surface area contributed by atoms with Gasteiger partial charge in [0.15, 0.2) is 6.73 Å². The van der Waals surface area contributed by atoms with Crippen LogP contribution in [0, 0.1) is 0 Å². The average Bonchev–Trinajstić information content (AvgIpc) is 2.78. The number of esters is 1. The van der Waals surface area contributed by atoms with Gasteiger partial charge in [0.2, 0.25) is 0 Å². The van der Waals surface area contributed by atoms with E-state index < -0.39 is 24.5 Å².